The van der Waals surface area contributed by atoms with E-state index in [1.54, 1.807) is 12.5 Å². The largest absolute Gasteiger partial charge is 0.478 e. The van der Waals surface area contributed by atoms with Crippen molar-refractivity contribution in [3.05, 3.63) is 48.3 Å². The molecule has 110 valence electrons. The molecule has 0 radical (unpaired) electrons. The maximum absolute atomic E-state index is 11.9. The molecule has 0 saturated heterocycles. The number of aromatic carboxylic acids is 1. The van der Waals surface area contributed by atoms with Crippen LogP contribution in [-0.2, 0) is 6.54 Å². The number of nitrogens with zero attached hydrogens (tertiary/aromatic N) is 3. The van der Waals surface area contributed by atoms with Crippen LogP contribution in [0.5, 0.6) is 0 Å². The number of hydrogen-bond acceptors (Lipinski definition) is 4. The first-order valence-corrected chi connectivity index (χ1v) is 6.49. The number of carboxylic acid groups (broad SMARTS) is 1. The van der Waals surface area contributed by atoms with Crippen molar-refractivity contribution in [2.75, 3.05) is 6.54 Å². The number of carbonyl (C=O) groups excluding carboxylic acids is 1. The van der Waals surface area contributed by atoms with Gasteiger partial charge in [-0.1, -0.05) is 6.92 Å². The van der Waals surface area contributed by atoms with Gasteiger partial charge in [-0.2, -0.15) is 0 Å². The van der Waals surface area contributed by atoms with E-state index < -0.39 is 5.97 Å². The van der Waals surface area contributed by atoms with E-state index in [4.69, 9.17) is 5.11 Å². The summed E-state index contributed by atoms with van der Waals surface area (Å²) in [4.78, 5) is 30.4. The van der Waals surface area contributed by atoms with Crippen molar-refractivity contribution in [1.82, 2.24) is 19.9 Å². The lowest BCUT2D eigenvalue weighted by Crippen LogP contribution is -2.30. The molecule has 1 atom stereocenters. The highest BCUT2D eigenvalue weighted by Crippen LogP contribution is 2.02. The highest BCUT2D eigenvalue weighted by molar-refractivity contribution is 5.93. The quantitative estimate of drug-likeness (QED) is 0.827. The molecule has 1 amide bonds. The summed E-state index contributed by atoms with van der Waals surface area (Å²) in [7, 11) is 0. The van der Waals surface area contributed by atoms with Crippen molar-refractivity contribution in [3.63, 3.8) is 0 Å². The molecule has 2 rings (SSSR count). The van der Waals surface area contributed by atoms with E-state index in [1.807, 2.05) is 17.7 Å². The third-order valence-electron chi connectivity index (χ3n) is 2.94. The number of carboxylic acids is 1. The molecule has 2 aromatic rings. The number of pyridine rings is 1. The van der Waals surface area contributed by atoms with E-state index in [-0.39, 0.29) is 23.1 Å². The number of amides is 1. The number of nitrogens with one attached hydrogen (secondary N) is 1. The summed E-state index contributed by atoms with van der Waals surface area (Å²) in [5.74, 6) is -1.14. The van der Waals surface area contributed by atoms with Crippen molar-refractivity contribution in [2.45, 2.75) is 13.5 Å². The maximum Gasteiger partial charge on any atom is 0.337 e. The second-order valence-corrected chi connectivity index (χ2v) is 4.81. The van der Waals surface area contributed by atoms with Gasteiger partial charge in [-0.15, -0.1) is 0 Å². The number of carbonyl (C=O) groups is 2. The van der Waals surface area contributed by atoms with Crippen molar-refractivity contribution in [1.29, 1.82) is 0 Å². The number of rotatable bonds is 6. The van der Waals surface area contributed by atoms with Crippen LogP contribution in [0.25, 0.3) is 0 Å². The second-order valence-electron chi connectivity index (χ2n) is 4.81. The molecule has 7 heteroatoms. The molecule has 0 saturated carbocycles. The topological polar surface area (TPSA) is 97.1 Å². The van der Waals surface area contributed by atoms with Crippen LogP contribution < -0.4 is 5.32 Å². The highest BCUT2D eigenvalue weighted by atomic mass is 16.4. The molecular formula is C14H16N4O3. The average Bonchev–Trinajstić information content (AvgIpc) is 2.97. The van der Waals surface area contributed by atoms with Gasteiger partial charge in [0, 0.05) is 31.7 Å². The third kappa shape index (κ3) is 4.13. The van der Waals surface area contributed by atoms with Crippen LogP contribution >= 0.6 is 0 Å². The number of imidazole rings is 1. The first-order chi connectivity index (χ1) is 10.1. The molecule has 0 aromatic carbocycles. The van der Waals surface area contributed by atoms with Crippen LogP contribution in [0.3, 0.4) is 0 Å². The first kappa shape index (κ1) is 14.7. The molecular weight excluding hydrogens is 272 g/mol. The van der Waals surface area contributed by atoms with Crippen LogP contribution in [0, 0.1) is 5.92 Å². The minimum Gasteiger partial charge on any atom is -0.478 e. The summed E-state index contributed by atoms with van der Waals surface area (Å²) in [6, 6.07) is 2.76. The lowest BCUT2D eigenvalue weighted by atomic mass is 10.1. The molecule has 0 fully saturated rings. The first-order valence-electron chi connectivity index (χ1n) is 6.49. The Morgan fingerprint density at radius 1 is 1.43 bits per heavy atom. The van der Waals surface area contributed by atoms with Gasteiger partial charge >= 0.3 is 5.97 Å². The molecule has 7 nitrogen and oxygen atoms in total. The number of aromatic nitrogens is 3. The summed E-state index contributed by atoms with van der Waals surface area (Å²) in [5.41, 5.74) is 0.259. The SMILES string of the molecule is CC(CNC(=O)c1ccc(C(=O)O)cn1)Cn1ccnc1. The molecule has 0 bridgehead atoms. The van der Waals surface area contributed by atoms with Gasteiger partial charge in [0.15, 0.2) is 0 Å². The zero-order chi connectivity index (χ0) is 15.2. The summed E-state index contributed by atoms with van der Waals surface area (Å²) in [6.07, 6.45) is 6.47. The number of hydrogen-bond donors (Lipinski definition) is 2. The molecule has 2 N–H and O–H groups in total. The van der Waals surface area contributed by atoms with E-state index in [9.17, 15) is 9.59 Å². The summed E-state index contributed by atoms with van der Waals surface area (Å²) in [6.45, 7) is 3.27. The fraction of sp³-hybridized carbons (Fsp3) is 0.286. The predicted octanol–water partition coefficient (Wildman–Crippen LogP) is 1.04. The fourth-order valence-corrected chi connectivity index (χ4v) is 1.83. The molecule has 21 heavy (non-hydrogen) atoms. The second kappa shape index (κ2) is 6.65. The van der Waals surface area contributed by atoms with Crippen LogP contribution in [0.1, 0.15) is 27.8 Å². The summed E-state index contributed by atoms with van der Waals surface area (Å²) < 4.78 is 1.94. The van der Waals surface area contributed by atoms with Crippen LogP contribution in [-0.4, -0.2) is 38.1 Å². The lowest BCUT2D eigenvalue weighted by Gasteiger charge is -2.13. The van der Waals surface area contributed by atoms with Crippen molar-refractivity contribution in [2.24, 2.45) is 5.92 Å². The monoisotopic (exact) mass is 288 g/mol. The standard InChI is InChI=1S/C14H16N4O3/c1-10(8-18-5-4-15-9-18)6-17-13(19)12-3-2-11(7-16-12)14(20)21/h2-5,7,9-10H,6,8H2,1H3,(H,17,19)(H,20,21). The normalized spacial score (nSPS) is 11.9. The van der Waals surface area contributed by atoms with E-state index in [0.717, 1.165) is 6.54 Å². The highest BCUT2D eigenvalue weighted by Gasteiger charge is 2.11. The Hall–Kier alpha value is -2.70. The van der Waals surface area contributed by atoms with E-state index >= 15 is 0 Å². The van der Waals surface area contributed by atoms with Gasteiger partial charge in [-0.25, -0.2) is 9.78 Å². The molecule has 1 unspecified atom stereocenters. The average molecular weight is 288 g/mol. The predicted molar refractivity (Wildman–Crippen MR) is 74.9 cm³/mol. The van der Waals surface area contributed by atoms with Gasteiger partial charge in [0.05, 0.1) is 11.9 Å². The molecule has 2 aromatic heterocycles. The minimum atomic E-state index is -1.07. The van der Waals surface area contributed by atoms with Gasteiger partial charge in [0.2, 0.25) is 0 Å². The Balaban J connectivity index is 1.85. The third-order valence-corrected chi connectivity index (χ3v) is 2.94. The van der Waals surface area contributed by atoms with Gasteiger partial charge in [0.25, 0.3) is 5.91 Å². The van der Waals surface area contributed by atoms with Gasteiger partial charge in [-0.3, -0.25) is 9.78 Å². The van der Waals surface area contributed by atoms with Crippen LogP contribution in [0.15, 0.2) is 37.1 Å². The zero-order valence-corrected chi connectivity index (χ0v) is 11.6. The summed E-state index contributed by atoms with van der Waals surface area (Å²) >= 11 is 0. The molecule has 2 heterocycles. The summed E-state index contributed by atoms with van der Waals surface area (Å²) in [5, 5.41) is 11.5. The van der Waals surface area contributed by atoms with Gasteiger partial charge < -0.3 is 15.0 Å². The lowest BCUT2D eigenvalue weighted by molar-refractivity contribution is 0.0695. The fourth-order valence-electron chi connectivity index (χ4n) is 1.83. The minimum absolute atomic E-state index is 0.0556. The van der Waals surface area contributed by atoms with Crippen LogP contribution in [0.2, 0.25) is 0 Å². The Labute approximate surface area is 121 Å². The zero-order valence-electron chi connectivity index (χ0n) is 11.6. The van der Waals surface area contributed by atoms with Crippen molar-refractivity contribution >= 4 is 11.9 Å². The van der Waals surface area contributed by atoms with Crippen molar-refractivity contribution in [3.8, 4) is 0 Å². The Bertz CT molecular complexity index is 608. The molecule has 0 aliphatic heterocycles. The smallest absolute Gasteiger partial charge is 0.337 e. The van der Waals surface area contributed by atoms with E-state index in [1.165, 1.54) is 18.3 Å². The molecule has 0 aliphatic rings. The van der Waals surface area contributed by atoms with Crippen LogP contribution in [0.4, 0.5) is 0 Å². The maximum atomic E-state index is 11.9. The van der Waals surface area contributed by atoms with Gasteiger partial charge in [-0.05, 0) is 18.1 Å². The molecule has 0 spiro atoms. The van der Waals surface area contributed by atoms with Crippen molar-refractivity contribution < 1.29 is 14.7 Å². The Morgan fingerprint density at radius 3 is 2.81 bits per heavy atom. The Kier molecular flexibility index (Phi) is 4.65. The molecule has 0 aliphatic carbocycles. The van der Waals surface area contributed by atoms with E-state index in [2.05, 4.69) is 15.3 Å². The Morgan fingerprint density at radius 2 is 2.24 bits per heavy atom. The van der Waals surface area contributed by atoms with Gasteiger partial charge in [0.1, 0.15) is 5.69 Å². The van der Waals surface area contributed by atoms with E-state index in [0.29, 0.717) is 6.54 Å².